The summed E-state index contributed by atoms with van der Waals surface area (Å²) in [5.41, 5.74) is 2.02. The molecule has 1 aliphatic carbocycles. The van der Waals surface area contributed by atoms with E-state index in [0.717, 1.165) is 24.1 Å². The van der Waals surface area contributed by atoms with E-state index in [1.54, 1.807) is 6.20 Å². The van der Waals surface area contributed by atoms with Crippen molar-refractivity contribution in [1.82, 2.24) is 20.0 Å². The first-order valence-corrected chi connectivity index (χ1v) is 8.33. The molecule has 122 valence electrons. The molecule has 2 aromatic rings. The van der Waals surface area contributed by atoms with Crippen molar-refractivity contribution in [3.63, 3.8) is 0 Å². The summed E-state index contributed by atoms with van der Waals surface area (Å²) in [6.07, 6.45) is 9.75. The van der Waals surface area contributed by atoms with Gasteiger partial charge in [0.25, 0.3) is 0 Å². The molecular formula is C18H24N4O. The molecule has 0 unspecified atom stereocenters. The van der Waals surface area contributed by atoms with E-state index in [1.807, 2.05) is 53.2 Å². The minimum Gasteiger partial charge on any atom is -0.334 e. The number of rotatable bonds is 4. The summed E-state index contributed by atoms with van der Waals surface area (Å²) < 4.78 is 1.83. The highest BCUT2D eigenvalue weighted by Crippen LogP contribution is 2.21. The van der Waals surface area contributed by atoms with Crippen LogP contribution in [0.15, 0.2) is 42.7 Å². The molecule has 1 aromatic heterocycles. The number of hydrogen-bond acceptors (Lipinski definition) is 2. The van der Waals surface area contributed by atoms with E-state index in [9.17, 15) is 4.79 Å². The Labute approximate surface area is 137 Å². The van der Waals surface area contributed by atoms with Gasteiger partial charge in [-0.25, -0.2) is 9.48 Å². The van der Waals surface area contributed by atoms with Gasteiger partial charge < -0.3 is 10.2 Å². The summed E-state index contributed by atoms with van der Waals surface area (Å²) in [6.45, 7) is 0.503. The zero-order valence-electron chi connectivity index (χ0n) is 13.6. The third kappa shape index (κ3) is 3.92. The fourth-order valence-corrected chi connectivity index (χ4v) is 3.11. The van der Waals surface area contributed by atoms with E-state index >= 15 is 0 Å². The van der Waals surface area contributed by atoms with Crippen LogP contribution in [-0.4, -0.2) is 33.8 Å². The molecule has 5 nitrogen and oxygen atoms in total. The maximum absolute atomic E-state index is 12.3. The summed E-state index contributed by atoms with van der Waals surface area (Å²) in [4.78, 5) is 14.1. The van der Waals surface area contributed by atoms with Crippen LogP contribution >= 0.6 is 0 Å². The van der Waals surface area contributed by atoms with E-state index in [4.69, 9.17) is 0 Å². The first-order chi connectivity index (χ1) is 11.2. The zero-order chi connectivity index (χ0) is 16.1. The predicted octanol–water partition coefficient (Wildman–Crippen LogP) is 3.35. The van der Waals surface area contributed by atoms with Gasteiger partial charge in [0.2, 0.25) is 0 Å². The van der Waals surface area contributed by atoms with E-state index in [2.05, 4.69) is 10.4 Å². The maximum atomic E-state index is 12.3. The van der Waals surface area contributed by atoms with Crippen LogP contribution in [-0.2, 0) is 6.54 Å². The van der Waals surface area contributed by atoms with Crippen molar-refractivity contribution in [3.05, 3.63) is 48.3 Å². The van der Waals surface area contributed by atoms with E-state index < -0.39 is 0 Å². The number of aromatic nitrogens is 2. The molecule has 1 N–H and O–H groups in total. The number of carbonyl (C=O) groups excluding carboxylic acids is 1. The number of urea groups is 1. The first kappa shape index (κ1) is 15.6. The number of nitrogens with one attached hydrogen (secondary N) is 1. The van der Waals surface area contributed by atoms with Crippen LogP contribution < -0.4 is 5.32 Å². The second-order valence-electron chi connectivity index (χ2n) is 6.19. The Morgan fingerprint density at radius 1 is 1.26 bits per heavy atom. The van der Waals surface area contributed by atoms with Gasteiger partial charge in [-0.3, -0.25) is 0 Å². The van der Waals surface area contributed by atoms with Crippen LogP contribution in [0, 0.1) is 0 Å². The molecule has 3 rings (SSSR count). The van der Waals surface area contributed by atoms with Crippen molar-refractivity contribution >= 4 is 6.03 Å². The van der Waals surface area contributed by atoms with Gasteiger partial charge in [-0.1, -0.05) is 37.5 Å². The topological polar surface area (TPSA) is 50.2 Å². The number of benzene rings is 1. The first-order valence-electron chi connectivity index (χ1n) is 8.33. The minimum absolute atomic E-state index is 0.00404. The van der Waals surface area contributed by atoms with Crippen LogP contribution in [0.3, 0.4) is 0 Å². The molecule has 1 fully saturated rings. The Hall–Kier alpha value is -2.30. The second-order valence-corrected chi connectivity index (χ2v) is 6.19. The monoisotopic (exact) mass is 312 g/mol. The molecule has 1 aromatic carbocycles. The Balaban J connectivity index is 1.54. The van der Waals surface area contributed by atoms with Gasteiger partial charge in [0, 0.05) is 31.4 Å². The molecule has 0 atom stereocenters. The number of para-hydroxylation sites is 1. The number of amides is 2. The quantitative estimate of drug-likeness (QED) is 0.941. The standard InChI is InChI=1S/C18H24N4O/c1-21(16-8-4-2-5-9-16)18(23)19-12-15-13-20-22(14-15)17-10-6-3-7-11-17/h3,6-7,10-11,13-14,16H,2,4-5,8-9,12H2,1H3,(H,19,23). The van der Waals surface area contributed by atoms with Crippen molar-refractivity contribution in [2.45, 2.75) is 44.7 Å². The highest BCUT2D eigenvalue weighted by atomic mass is 16.2. The van der Waals surface area contributed by atoms with Crippen LogP contribution in [0.1, 0.15) is 37.7 Å². The van der Waals surface area contributed by atoms with Gasteiger partial charge in [-0.15, -0.1) is 0 Å². The Morgan fingerprint density at radius 2 is 2.00 bits per heavy atom. The summed E-state index contributed by atoms with van der Waals surface area (Å²) in [6, 6.07) is 10.4. The van der Waals surface area contributed by atoms with Gasteiger partial charge in [0.05, 0.1) is 11.9 Å². The molecule has 1 aliphatic rings. The van der Waals surface area contributed by atoms with Crippen molar-refractivity contribution in [1.29, 1.82) is 0 Å². The number of carbonyl (C=O) groups is 1. The van der Waals surface area contributed by atoms with Crippen molar-refractivity contribution in [2.75, 3.05) is 7.05 Å². The normalized spacial score (nSPS) is 15.3. The van der Waals surface area contributed by atoms with E-state index in [-0.39, 0.29) is 6.03 Å². The van der Waals surface area contributed by atoms with E-state index in [0.29, 0.717) is 12.6 Å². The fourth-order valence-electron chi connectivity index (χ4n) is 3.11. The van der Waals surface area contributed by atoms with Crippen LogP contribution in [0.2, 0.25) is 0 Å². The van der Waals surface area contributed by atoms with Crippen molar-refractivity contribution in [3.8, 4) is 5.69 Å². The number of hydrogen-bond donors (Lipinski definition) is 1. The largest absolute Gasteiger partial charge is 0.334 e. The van der Waals surface area contributed by atoms with Gasteiger partial charge in [-0.05, 0) is 25.0 Å². The van der Waals surface area contributed by atoms with Gasteiger partial charge >= 0.3 is 6.03 Å². The molecule has 2 amide bonds. The molecular weight excluding hydrogens is 288 g/mol. The molecule has 0 saturated heterocycles. The number of nitrogens with zero attached hydrogens (tertiary/aromatic N) is 3. The van der Waals surface area contributed by atoms with Crippen molar-refractivity contribution in [2.24, 2.45) is 0 Å². The average molecular weight is 312 g/mol. The molecule has 5 heteroatoms. The van der Waals surface area contributed by atoms with Gasteiger partial charge in [0.1, 0.15) is 0 Å². The summed E-state index contributed by atoms with van der Waals surface area (Å²) in [7, 11) is 1.90. The van der Waals surface area contributed by atoms with Gasteiger partial charge in [-0.2, -0.15) is 5.10 Å². The highest BCUT2D eigenvalue weighted by Gasteiger charge is 2.21. The third-order valence-electron chi connectivity index (χ3n) is 4.54. The average Bonchev–Trinajstić information content (AvgIpc) is 3.09. The lowest BCUT2D eigenvalue weighted by Gasteiger charge is -2.31. The lowest BCUT2D eigenvalue weighted by molar-refractivity contribution is 0.173. The van der Waals surface area contributed by atoms with Crippen LogP contribution in [0.4, 0.5) is 4.79 Å². The molecule has 1 saturated carbocycles. The highest BCUT2D eigenvalue weighted by molar-refractivity contribution is 5.74. The molecule has 0 spiro atoms. The van der Waals surface area contributed by atoms with E-state index in [1.165, 1.54) is 19.3 Å². The molecule has 0 bridgehead atoms. The minimum atomic E-state index is 0.00404. The second kappa shape index (κ2) is 7.31. The zero-order valence-corrected chi connectivity index (χ0v) is 13.6. The molecule has 23 heavy (non-hydrogen) atoms. The Bertz CT molecular complexity index is 631. The molecule has 1 heterocycles. The van der Waals surface area contributed by atoms with Gasteiger partial charge in [0.15, 0.2) is 0 Å². The maximum Gasteiger partial charge on any atom is 0.317 e. The SMILES string of the molecule is CN(C(=O)NCc1cnn(-c2ccccc2)c1)C1CCCCC1. The van der Waals surface area contributed by atoms with Crippen molar-refractivity contribution < 1.29 is 4.79 Å². The fraction of sp³-hybridized carbons (Fsp3) is 0.444. The molecule has 0 radical (unpaired) electrons. The third-order valence-corrected chi connectivity index (χ3v) is 4.54. The molecule has 0 aliphatic heterocycles. The summed E-state index contributed by atoms with van der Waals surface area (Å²) in [5, 5.41) is 7.35. The lowest BCUT2D eigenvalue weighted by Crippen LogP contribution is -2.44. The Kier molecular flexibility index (Phi) is 4.95. The Morgan fingerprint density at radius 3 is 2.74 bits per heavy atom. The lowest BCUT2D eigenvalue weighted by atomic mass is 9.95. The smallest absolute Gasteiger partial charge is 0.317 e. The van der Waals surface area contributed by atoms with Crippen LogP contribution in [0.5, 0.6) is 0 Å². The summed E-state index contributed by atoms with van der Waals surface area (Å²) in [5.74, 6) is 0. The summed E-state index contributed by atoms with van der Waals surface area (Å²) >= 11 is 0. The van der Waals surface area contributed by atoms with Crippen LogP contribution in [0.25, 0.3) is 5.69 Å². The predicted molar refractivity (Wildman–Crippen MR) is 90.4 cm³/mol.